The second-order valence-corrected chi connectivity index (χ2v) is 8.02. The van der Waals surface area contributed by atoms with Gasteiger partial charge >= 0.3 is 0 Å². The number of thiophene rings is 1. The fourth-order valence-electron chi connectivity index (χ4n) is 4.24. The van der Waals surface area contributed by atoms with Crippen molar-refractivity contribution in [1.82, 2.24) is 14.9 Å². The van der Waals surface area contributed by atoms with Gasteiger partial charge in [0.25, 0.3) is 0 Å². The lowest BCUT2D eigenvalue weighted by atomic mass is 10.0. The van der Waals surface area contributed by atoms with Crippen LogP contribution in [0, 0.1) is 6.92 Å². The SMILES string of the molecule is Cc1nc2c(c(N3CC(N4CCc5sccc5C4)C3)n1)CCC2. The molecule has 2 aromatic heterocycles. The zero-order valence-electron chi connectivity index (χ0n) is 13.6. The first-order valence-electron chi connectivity index (χ1n) is 8.68. The van der Waals surface area contributed by atoms with E-state index in [-0.39, 0.29) is 0 Å². The zero-order valence-corrected chi connectivity index (χ0v) is 14.4. The Kier molecular flexibility index (Phi) is 3.20. The Bertz CT molecular complexity index is 747. The van der Waals surface area contributed by atoms with E-state index in [0.717, 1.165) is 38.3 Å². The van der Waals surface area contributed by atoms with Gasteiger partial charge in [-0.3, -0.25) is 4.90 Å². The molecule has 120 valence electrons. The Morgan fingerprint density at radius 3 is 3.00 bits per heavy atom. The maximum Gasteiger partial charge on any atom is 0.135 e. The van der Waals surface area contributed by atoms with Crippen molar-refractivity contribution < 1.29 is 0 Å². The largest absolute Gasteiger partial charge is 0.353 e. The molecule has 1 saturated heterocycles. The molecule has 0 amide bonds. The molecular weight excluding hydrogens is 304 g/mol. The van der Waals surface area contributed by atoms with E-state index in [1.807, 2.05) is 18.3 Å². The molecule has 0 saturated carbocycles. The third-order valence-corrected chi connectivity index (χ3v) is 6.56. The van der Waals surface area contributed by atoms with Crippen molar-refractivity contribution in [2.45, 2.75) is 45.2 Å². The number of aromatic nitrogens is 2. The van der Waals surface area contributed by atoms with Crippen LogP contribution in [0.4, 0.5) is 5.82 Å². The molecular formula is C18H22N4S. The monoisotopic (exact) mass is 326 g/mol. The number of aryl methyl sites for hydroxylation is 2. The quantitative estimate of drug-likeness (QED) is 0.849. The van der Waals surface area contributed by atoms with Crippen LogP contribution in [0.15, 0.2) is 11.4 Å². The lowest BCUT2D eigenvalue weighted by Crippen LogP contribution is -2.60. The van der Waals surface area contributed by atoms with Gasteiger partial charge in [0.15, 0.2) is 0 Å². The number of hydrogen-bond donors (Lipinski definition) is 0. The average molecular weight is 326 g/mol. The number of nitrogens with zero attached hydrogens (tertiary/aromatic N) is 4. The van der Waals surface area contributed by atoms with E-state index < -0.39 is 0 Å². The van der Waals surface area contributed by atoms with Crippen LogP contribution < -0.4 is 4.90 Å². The van der Waals surface area contributed by atoms with E-state index >= 15 is 0 Å². The molecule has 0 atom stereocenters. The molecule has 0 bridgehead atoms. The van der Waals surface area contributed by atoms with Gasteiger partial charge in [-0.1, -0.05) is 0 Å². The van der Waals surface area contributed by atoms with Crippen molar-refractivity contribution in [3.8, 4) is 0 Å². The first kappa shape index (κ1) is 13.9. The van der Waals surface area contributed by atoms with Gasteiger partial charge in [-0.15, -0.1) is 11.3 Å². The number of fused-ring (bicyclic) bond motifs is 2. The summed E-state index contributed by atoms with van der Waals surface area (Å²) >= 11 is 1.92. The van der Waals surface area contributed by atoms with Gasteiger partial charge in [0, 0.05) is 48.4 Å². The highest BCUT2D eigenvalue weighted by Crippen LogP contribution is 2.33. The van der Waals surface area contributed by atoms with Crippen LogP contribution >= 0.6 is 11.3 Å². The number of hydrogen-bond acceptors (Lipinski definition) is 5. The van der Waals surface area contributed by atoms with E-state index in [2.05, 4.69) is 26.2 Å². The van der Waals surface area contributed by atoms with Gasteiger partial charge in [-0.2, -0.15) is 0 Å². The minimum Gasteiger partial charge on any atom is -0.353 e. The van der Waals surface area contributed by atoms with Crippen LogP contribution in [0.2, 0.25) is 0 Å². The summed E-state index contributed by atoms with van der Waals surface area (Å²) in [5.41, 5.74) is 4.28. The Morgan fingerprint density at radius 1 is 1.17 bits per heavy atom. The van der Waals surface area contributed by atoms with Gasteiger partial charge in [-0.25, -0.2) is 9.97 Å². The molecule has 4 nitrogen and oxygen atoms in total. The molecule has 1 aliphatic carbocycles. The predicted octanol–water partition coefficient (Wildman–Crippen LogP) is 2.58. The lowest BCUT2D eigenvalue weighted by molar-refractivity contribution is 0.151. The Morgan fingerprint density at radius 2 is 2.09 bits per heavy atom. The number of anilines is 1. The molecule has 3 aliphatic rings. The van der Waals surface area contributed by atoms with Crippen LogP contribution in [0.25, 0.3) is 0 Å². The molecule has 0 spiro atoms. The third-order valence-electron chi connectivity index (χ3n) is 5.54. The Labute approximate surface area is 141 Å². The van der Waals surface area contributed by atoms with Gasteiger partial charge in [0.1, 0.15) is 11.6 Å². The second kappa shape index (κ2) is 5.28. The van der Waals surface area contributed by atoms with E-state index in [4.69, 9.17) is 4.98 Å². The van der Waals surface area contributed by atoms with Gasteiger partial charge in [0.05, 0.1) is 0 Å². The van der Waals surface area contributed by atoms with E-state index in [0.29, 0.717) is 6.04 Å². The number of rotatable bonds is 2. The smallest absolute Gasteiger partial charge is 0.135 e. The summed E-state index contributed by atoms with van der Waals surface area (Å²) in [6, 6.07) is 3.00. The molecule has 5 heteroatoms. The molecule has 0 N–H and O–H groups in total. The summed E-state index contributed by atoms with van der Waals surface area (Å²) in [5, 5.41) is 2.24. The Balaban J connectivity index is 1.31. The van der Waals surface area contributed by atoms with Crippen molar-refractivity contribution in [3.05, 3.63) is 39.0 Å². The van der Waals surface area contributed by atoms with E-state index in [1.165, 1.54) is 36.5 Å². The van der Waals surface area contributed by atoms with E-state index in [1.54, 1.807) is 10.4 Å². The summed E-state index contributed by atoms with van der Waals surface area (Å²) in [6.07, 6.45) is 4.76. The molecule has 4 heterocycles. The van der Waals surface area contributed by atoms with Gasteiger partial charge < -0.3 is 4.90 Å². The predicted molar refractivity (Wildman–Crippen MR) is 93.2 cm³/mol. The van der Waals surface area contributed by atoms with Gasteiger partial charge in [0.2, 0.25) is 0 Å². The van der Waals surface area contributed by atoms with Crippen LogP contribution in [-0.2, 0) is 25.8 Å². The molecule has 1 fully saturated rings. The highest BCUT2D eigenvalue weighted by molar-refractivity contribution is 7.10. The highest BCUT2D eigenvalue weighted by Gasteiger charge is 2.36. The second-order valence-electron chi connectivity index (χ2n) is 7.02. The fourth-order valence-corrected chi connectivity index (χ4v) is 5.13. The maximum atomic E-state index is 4.77. The molecule has 0 aromatic carbocycles. The minimum atomic E-state index is 0.690. The van der Waals surface area contributed by atoms with Crippen molar-refractivity contribution in [2.75, 3.05) is 24.5 Å². The summed E-state index contributed by atoms with van der Waals surface area (Å²) in [5.74, 6) is 2.17. The third kappa shape index (κ3) is 2.29. The van der Waals surface area contributed by atoms with Crippen LogP contribution in [-0.4, -0.2) is 40.5 Å². The van der Waals surface area contributed by atoms with Crippen molar-refractivity contribution in [3.63, 3.8) is 0 Å². The summed E-state index contributed by atoms with van der Waals surface area (Å²) in [7, 11) is 0. The summed E-state index contributed by atoms with van der Waals surface area (Å²) < 4.78 is 0. The lowest BCUT2D eigenvalue weighted by Gasteiger charge is -2.47. The fraction of sp³-hybridized carbons (Fsp3) is 0.556. The maximum absolute atomic E-state index is 4.77. The summed E-state index contributed by atoms with van der Waals surface area (Å²) in [4.78, 5) is 16.2. The van der Waals surface area contributed by atoms with Gasteiger partial charge in [-0.05, 0) is 49.6 Å². The molecule has 2 aliphatic heterocycles. The highest BCUT2D eigenvalue weighted by atomic mass is 32.1. The average Bonchev–Trinajstić information content (AvgIpc) is 3.13. The zero-order chi connectivity index (χ0) is 15.4. The first-order chi connectivity index (χ1) is 11.3. The molecule has 0 unspecified atom stereocenters. The van der Waals surface area contributed by atoms with E-state index in [9.17, 15) is 0 Å². The molecule has 2 aromatic rings. The minimum absolute atomic E-state index is 0.690. The molecule has 0 radical (unpaired) electrons. The molecule has 23 heavy (non-hydrogen) atoms. The topological polar surface area (TPSA) is 32.3 Å². The standard InChI is InChI=1S/C18H22N4S/c1-12-19-16-4-2-3-15(16)18(20-12)22-10-14(11-22)21-7-5-17-13(9-21)6-8-23-17/h6,8,14H,2-5,7,9-11H2,1H3. The van der Waals surface area contributed by atoms with Crippen LogP contribution in [0.5, 0.6) is 0 Å². The van der Waals surface area contributed by atoms with Crippen molar-refractivity contribution in [1.29, 1.82) is 0 Å². The van der Waals surface area contributed by atoms with Crippen LogP contribution in [0.1, 0.15) is 33.9 Å². The Hall–Kier alpha value is -1.46. The van der Waals surface area contributed by atoms with Crippen LogP contribution in [0.3, 0.4) is 0 Å². The molecule has 5 rings (SSSR count). The van der Waals surface area contributed by atoms with Crippen molar-refractivity contribution >= 4 is 17.2 Å². The normalized spacial score (nSPS) is 21.2. The summed E-state index contributed by atoms with van der Waals surface area (Å²) in [6.45, 7) is 6.64. The first-order valence-corrected chi connectivity index (χ1v) is 9.56. The van der Waals surface area contributed by atoms with Crippen molar-refractivity contribution in [2.24, 2.45) is 0 Å².